The van der Waals surface area contributed by atoms with Crippen molar-refractivity contribution >= 4 is 19.8 Å². The van der Waals surface area contributed by atoms with Gasteiger partial charge in [0.2, 0.25) is 0 Å². The molecule has 0 bridgehead atoms. The third-order valence-corrected chi connectivity index (χ3v) is 8.57. The molecule has 306 valence electrons. The highest BCUT2D eigenvalue weighted by Gasteiger charge is 2.22. The fraction of sp³-hybridized carbons (Fsp3) is 0.600. The summed E-state index contributed by atoms with van der Waals surface area (Å²) in [5.41, 5.74) is 0. The first kappa shape index (κ1) is 51.0. The Labute approximate surface area is 328 Å². The minimum Gasteiger partial charge on any atom is -0.462 e. The number of phosphoric acid groups is 1. The van der Waals surface area contributed by atoms with E-state index in [0.29, 0.717) is 12.8 Å². The van der Waals surface area contributed by atoms with Crippen molar-refractivity contribution in [1.29, 1.82) is 0 Å². The summed E-state index contributed by atoms with van der Waals surface area (Å²) in [5, 5.41) is 0. The standard InChI is InChI=1S/C45H73O8P/c1-3-5-7-9-11-13-15-17-19-21-22-24-26-28-30-32-34-36-38-40-45(47)53-43(42-52-54(48,49)50)41-51-44(46)39-37-35-33-31-29-27-25-23-20-18-16-14-12-10-8-6-4-2/h11-14,17-20,22,24-25,27-28,30,34,36,43H,3-10,15-16,21,23,26,29,31-33,35,37-42H2,1-2H3,(H2,48,49,50)/b13-11+,14-12+,19-17+,20-18+,24-22+,27-25+,30-28+,36-34+/t43-/m1/s1. The number of carbonyl (C=O) groups is 2. The van der Waals surface area contributed by atoms with E-state index >= 15 is 0 Å². The van der Waals surface area contributed by atoms with E-state index in [4.69, 9.17) is 19.3 Å². The first-order valence-electron chi connectivity index (χ1n) is 20.5. The normalized spacial score (nSPS) is 13.5. The molecular weight excluding hydrogens is 699 g/mol. The molecule has 0 spiro atoms. The molecule has 0 heterocycles. The quantitative estimate of drug-likeness (QED) is 0.0280. The lowest BCUT2D eigenvalue weighted by Crippen LogP contribution is -2.29. The third kappa shape index (κ3) is 41.7. The Morgan fingerprint density at radius 3 is 1.30 bits per heavy atom. The lowest BCUT2D eigenvalue weighted by atomic mass is 10.1. The zero-order chi connectivity index (χ0) is 39.6. The van der Waals surface area contributed by atoms with Gasteiger partial charge in [-0.25, -0.2) is 4.57 Å². The van der Waals surface area contributed by atoms with E-state index in [0.717, 1.165) is 64.2 Å². The van der Waals surface area contributed by atoms with Crippen molar-refractivity contribution in [2.75, 3.05) is 13.2 Å². The zero-order valence-electron chi connectivity index (χ0n) is 33.6. The Bertz CT molecular complexity index is 1190. The summed E-state index contributed by atoms with van der Waals surface area (Å²) in [6.07, 6.45) is 54.2. The molecule has 8 nitrogen and oxygen atoms in total. The van der Waals surface area contributed by atoms with Crippen LogP contribution in [0.25, 0.3) is 0 Å². The predicted molar refractivity (Wildman–Crippen MR) is 225 cm³/mol. The van der Waals surface area contributed by atoms with Gasteiger partial charge in [-0.2, -0.15) is 0 Å². The van der Waals surface area contributed by atoms with E-state index in [1.807, 2.05) is 12.2 Å². The number of esters is 2. The number of ether oxygens (including phenoxy) is 2. The maximum Gasteiger partial charge on any atom is 0.469 e. The van der Waals surface area contributed by atoms with Gasteiger partial charge in [-0.05, 0) is 89.9 Å². The van der Waals surface area contributed by atoms with Crippen LogP contribution in [0, 0.1) is 0 Å². The van der Waals surface area contributed by atoms with Crippen molar-refractivity contribution < 1.29 is 37.9 Å². The fourth-order valence-corrected chi connectivity index (χ4v) is 5.37. The van der Waals surface area contributed by atoms with E-state index in [2.05, 4.69) is 103 Å². The molecule has 0 rings (SSSR count). The Morgan fingerprint density at radius 1 is 0.481 bits per heavy atom. The van der Waals surface area contributed by atoms with Crippen LogP contribution in [0.1, 0.15) is 155 Å². The molecule has 0 unspecified atom stereocenters. The van der Waals surface area contributed by atoms with Crippen LogP contribution in [0.4, 0.5) is 0 Å². The summed E-state index contributed by atoms with van der Waals surface area (Å²) in [6, 6.07) is 0. The molecule has 0 aliphatic heterocycles. The van der Waals surface area contributed by atoms with Crippen LogP contribution in [0.2, 0.25) is 0 Å². The lowest BCUT2D eigenvalue weighted by molar-refractivity contribution is -0.161. The molecule has 9 heteroatoms. The van der Waals surface area contributed by atoms with Crippen molar-refractivity contribution in [3.8, 4) is 0 Å². The monoisotopic (exact) mass is 773 g/mol. The number of phosphoric ester groups is 1. The first-order chi connectivity index (χ1) is 26.3. The minimum absolute atomic E-state index is 0.0776. The molecule has 0 fully saturated rings. The van der Waals surface area contributed by atoms with Crippen LogP contribution < -0.4 is 0 Å². The molecule has 0 aromatic rings. The highest BCUT2D eigenvalue weighted by atomic mass is 31.2. The largest absolute Gasteiger partial charge is 0.469 e. The fourth-order valence-electron chi connectivity index (χ4n) is 5.01. The van der Waals surface area contributed by atoms with Gasteiger partial charge in [0.05, 0.1) is 6.61 Å². The van der Waals surface area contributed by atoms with Gasteiger partial charge in [0.25, 0.3) is 0 Å². The van der Waals surface area contributed by atoms with Crippen LogP contribution in [0.5, 0.6) is 0 Å². The molecule has 1 atom stereocenters. The van der Waals surface area contributed by atoms with Crippen molar-refractivity contribution in [2.45, 2.75) is 161 Å². The van der Waals surface area contributed by atoms with Gasteiger partial charge in [-0.1, -0.05) is 150 Å². The van der Waals surface area contributed by atoms with Gasteiger partial charge >= 0.3 is 19.8 Å². The van der Waals surface area contributed by atoms with Crippen molar-refractivity contribution in [1.82, 2.24) is 0 Å². The molecule has 0 saturated carbocycles. The van der Waals surface area contributed by atoms with E-state index in [1.165, 1.54) is 51.4 Å². The molecule has 2 N–H and O–H groups in total. The highest BCUT2D eigenvalue weighted by molar-refractivity contribution is 7.46. The number of carbonyl (C=O) groups excluding carboxylic acids is 2. The molecule has 0 aromatic heterocycles. The number of allylic oxidation sites excluding steroid dienone is 16. The second-order valence-electron chi connectivity index (χ2n) is 13.2. The average molecular weight is 773 g/mol. The van der Waals surface area contributed by atoms with E-state index < -0.39 is 32.5 Å². The maximum atomic E-state index is 12.4. The number of unbranched alkanes of at least 4 members (excludes halogenated alkanes) is 10. The van der Waals surface area contributed by atoms with Crippen LogP contribution in [-0.4, -0.2) is 41.0 Å². The SMILES string of the molecule is CCCCC/C=C/C/C=C/C/C=C/C/C=C/C/C=C/CCC(=O)O[C@H](COC(=O)CCCCCC/C=C/C/C=C/C/C=C/CCCCC)COP(=O)(O)O. The van der Waals surface area contributed by atoms with Gasteiger partial charge in [-0.3, -0.25) is 14.1 Å². The van der Waals surface area contributed by atoms with E-state index in [-0.39, 0.29) is 19.4 Å². The minimum atomic E-state index is -4.79. The highest BCUT2D eigenvalue weighted by Crippen LogP contribution is 2.35. The zero-order valence-corrected chi connectivity index (χ0v) is 34.5. The van der Waals surface area contributed by atoms with Gasteiger partial charge in [0, 0.05) is 12.8 Å². The molecule has 0 aromatic carbocycles. The van der Waals surface area contributed by atoms with E-state index in [9.17, 15) is 14.2 Å². The molecule has 0 amide bonds. The Kier molecular flexibility index (Phi) is 37.4. The van der Waals surface area contributed by atoms with Crippen LogP contribution in [0.3, 0.4) is 0 Å². The first-order valence-corrected chi connectivity index (χ1v) is 22.1. The van der Waals surface area contributed by atoms with E-state index in [1.54, 1.807) is 0 Å². The summed E-state index contributed by atoms with van der Waals surface area (Å²) in [7, 11) is -4.79. The summed E-state index contributed by atoms with van der Waals surface area (Å²) >= 11 is 0. The number of rotatable bonds is 36. The van der Waals surface area contributed by atoms with Gasteiger partial charge in [0.15, 0.2) is 6.10 Å². The molecule has 54 heavy (non-hydrogen) atoms. The Morgan fingerprint density at radius 2 is 0.870 bits per heavy atom. The Balaban J connectivity index is 4.14. The molecule has 0 aliphatic carbocycles. The topological polar surface area (TPSA) is 119 Å². The second kappa shape index (κ2) is 39.7. The second-order valence-corrected chi connectivity index (χ2v) is 14.5. The Hall–Kier alpha value is -3.03. The number of hydrogen-bond acceptors (Lipinski definition) is 6. The van der Waals surface area contributed by atoms with Gasteiger partial charge < -0.3 is 19.3 Å². The number of hydrogen-bond donors (Lipinski definition) is 2. The van der Waals surface area contributed by atoms with Crippen molar-refractivity contribution in [3.63, 3.8) is 0 Å². The van der Waals surface area contributed by atoms with Crippen molar-refractivity contribution in [2.24, 2.45) is 0 Å². The lowest BCUT2D eigenvalue weighted by Gasteiger charge is -2.18. The van der Waals surface area contributed by atoms with Gasteiger partial charge in [-0.15, -0.1) is 0 Å². The summed E-state index contributed by atoms with van der Waals surface area (Å²) in [4.78, 5) is 42.8. The van der Waals surface area contributed by atoms with Crippen LogP contribution in [-0.2, 0) is 28.2 Å². The third-order valence-electron chi connectivity index (χ3n) is 8.09. The molecule has 0 saturated heterocycles. The van der Waals surface area contributed by atoms with Gasteiger partial charge in [0.1, 0.15) is 6.61 Å². The van der Waals surface area contributed by atoms with Crippen molar-refractivity contribution in [3.05, 3.63) is 97.2 Å². The maximum absolute atomic E-state index is 12.4. The average Bonchev–Trinajstić information content (AvgIpc) is 3.14. The smallest absolute Gasteiger partial charge is 0.462 e. The molecule has 0 radical (unpaired) electrons. The predicted octanol–water partition coefficient (Wildman–Crippen LogP) is 12.6. The van der Waals surface area contributed by atoms with Crippen LogP contribution in [0.15, 0.2) is 97.2 Å². The molecular formula is C45H73O8P. The van der Waals surface area contributed by atoms with Crippen LogP contribution >= 0.6 is 7.82 Å². The molecule has 0 aliphatic rings. The summed E-state index contributed by atoms with van der Waals surface area (Å²) < 4.78 is 26.3. The summed E-state index contributed by atoms with van der Waals surface area (Å²) in [6.45, 7) is 3.53. The summed E-state index contributed by atoms with van der Waals surface area (Å²) in [5.74, 6) is -1.02.